The lowest BCUT2D eigenvalue weighted by Gasteiger charge is -2.17. The minimum Gasteiger partial charge on any atom is -0.375 e. The Morgan fingerprint density at radius 1 is 1.64 bits per heavy atom. The largest absolute Gasteiger partial charge is 0.375 e. The number of aromatic nitrogens is 1. The summed E-state index contributed by atoms with van der Waals surface area (Å²) < 4.78 is 1.31. The van der Waals surface area contributed by atoms with E-state index in [0.717, 1.165) is 6.54 Å². The van der Waals surface area contributed by atoms with Gasteiger partial charge in [0.05, 0.1) is 6.54 Å². The van der Waals surface area contributed by atoms with Crippen molar-refractivity contribution in [3.05, 3.63) is 27.2 Å². The zero-order chi connectivity index (χ0) is 7.84. The SMILES string of the molecule is CN1C=Cc2c(I)c[nH]c2C1. The highest BCUT2D eigenvalue weighted by Gasteiger charge is 2.10. The van der Waals surface area contributed by atoms with Crippen molar-refractivity contribution in [3.63, 3.8) is 0 Å². The Kier molecular flexibility index (Phi) is 1.67. The van der Waals surface area contributed by atoms with E-state index in [1.807, 2.05) is 0 Å². The first-order valence-corrected chi connectivity index (χ1v) is 4.59. The van der Waals surface area contributed by atoms with Gasteiger partial charge < -0.3 is 9.88 Å². The lowest BCUT2D eigenvalue weighted by molar-refractivity contribution is 0.442. The van der Waals surface area contributed by atoms with Crippen LogP contribution in [0.5, 0.6) is 0 Å². The number of hydrogen-bond acceptors (Lipinski definition) is 1. The van der Waals surface area contributed by atoms with Gasteiger partial charge in [-0.05, 0) is 34.9 Å². The molecule has 1 aliphatic heterocycles. The minimum absolute atomic E-state index is 0.995. The molecule has 2 rings (SSSR count). The molecule has 0 aliphatic carbocycles. The average Bonchev–Trinajstić information content (AvgIpc) is 2.32. The molecule has 0 spiro atoms. The monoisotopic (exact) mass is 260 g/mol. The lowest BCUT2D eigenvalue weighted by Crippen LogP contribution is -2.14. The predicted molar refractivity (Wildman–Crippen MR) is 54.0 cm³/mol. The van der Waals surface area contributed by atoms with Gasteiger partial charge in [0, 0.05) is 28.1 Å². The van der Waals surface area contributed by atoms with Crippen molar-refractivity contribution in [1.29, 1.82) is 0 Å². The first-order chi connectivity index (χ1) is 5.27. The summed E-state index contributed by atoms with van der Waals surface area (Å²) in [6, 6.07) is 0. The molecule has 0 saturated carbocycles. The third-order valence-electron chi connectivity index (χ3n) is 1.86. The van der Waals surface area contributed by atoms with Crippen molar-refractivity contribution in [1.82, 2.24) is 9.88 Å². The number of nitrogens with zero attached hydrogens (tertiary/aromatic N) is 1. The summed E-state index contributed by atoms with van der Waals surface area (Å²) in [4.78, 5) is 5.42. The molecule has 0 aromatic carbocycles. The third kappa shape index (κ3) is 1.17. The van der Waals surface area contributed by atoms with Gasteiger partial charge in [-0.2, -0.15) is 0 Å². The molecule has 58 valence electrons. The Hall–Kier alpha value is -0.450. The maximum atomic E-state index is 3.26. The van der Waals surface area contributed by atoms with Crippen LogP contribution in [0.1, 0.15) is 11.3 Å². The van der Waals surface area contributed by atoms with Crippen molar-refractivity contribution >= 4 is 28.7 Å². The van der Waals surface area contributed by atoms with E-state index in [1.54, 1.807) is 0 Å². The molecule has 1 aromatic rings. The molecule has 0 atom stereocenters. The summed E-state index contributed by atoms with van der Waals surface area (Å²) in [7, 11) is 2.08. The van der Waals surface area contributed by atoms with E-state index in [1.165, 1.54) is 14.8 Å². The Bertz CT molecular complexity index is 301. The molecule has 0 saturated heterocycles. The summed E-state index contributed by atoms with van der Waals surface area (Å²) in [5.74, 6) is 0. The molecular formula is C8H9IN2. The molecule has 2 nitrogen and oxygen atoms in total. The molecule has 11 heavy (non-hydrogen) atoms. The predicted octanol–water partition coefficient (Wildman–Crippen LogP) is 2.04. The van der Waals surface area contributed by atoms with Crippen molar-refractivity contribution in [2.45, 2.75) is 6.54 Å². The minimum atomic E-state index is 0.995. The molecule has 0 bridgehead atoms. The summed E-state index contributed by atoms with van der Waals surface area (Å²) in [6.45, 7) is 0.995. The maximum Gasteiger partial charge on any atom is 0.0577 e. The third-order valence-corrected chi connectivity index (χ3v) is 2.75. The van der Waals surface area contributed by atoms with E-state index in [2.05, 4.69) is 58.0 Å². The van der Waals surface area contributed by atoms with Crippen LogP contribution in [0.15, 0.2) is 12.4 Å². The van der Waals surface area contributed by atoms with Crippen LogP contribution in [-0.2, 0) is 6.54 Å². The number of fused-ring (bicyclic) bond motifs is 1. The number of hydrogen-bond donors (Lipinski definition) is 1. The van der Waals surface area contributed by atoms with E-state index >= 15 is 0 Å². The fraction of sp³-hybridized carbons (Fsp3) is 0.250. The highest BCUT2D eigenvalue weighted by atomic mass is 127. The van der Waals surface area contributed by atoms with Crippen LogP contribution in [0, 0.1) is 3.57 Å². The molecule has 0 radical (unpaired) electrons. The van der Waals surface area contributed by atoms with Crippen LogP contribution in [0.25, 0.3) is 6.08 Å². The molecule has 0 fully saturated rings. The van der Waals surface area contributed by atoms with E-state index in [9.17, 15) is 0 Å². The highest BCUT2D eigenvalue weighted by Crippen LogP contribution is 2.22. The Labute approximate surface area is 79.4 Å². The van der Waals surface area contributed by atoms with Gasteiger partial charge in [-0.3, -0.25) is 0 Å². The molecule has 1 N–H and O–H groups in total. The summed E-state index contributed by atoms with van der Waals surface area (Å²) in [5.41, 5.74) is 2.67. The summed E-state index contributed by atoms with van der Waals surface area (Å²) in [6.07, 6.45) is 6.31. The summed E-state index contributed by atoms with van der Waals surface area (Å²) >= 11 is 2.34. The second-order valence-electron chi connectivity index (χ2n) is 2.76. The second-order valence-corrected chi connectivity index (χ2v) is 3.92. The molecular weight excluding hydrogens is 251 g/mol. The highest BCUT2D eigenvalue weighted by molar-refractivity contribution is 14.1. The first kappa shape index (κ1) is 7.21. The van der Waals surface area contributed by atoms with Crippen LogP contribution in [-0.4, -0.2) is 16.9 Å². The van der Waals surface area contributed by atoms with E-state index in [0.29, 0.717) is 0 Å². The van der Waals surface area contributed by atoms with Gasteiger partial charge in [0.15, 0.2) is 0 Å². The van der Waals surface area contributed by atoms with Gasteiger partial charge in [-0.25, -0.2) is 0 Å². The molecule has 1 aromatic heterocycles. The molecule has 1 aliphatic rings. The average molecular weight is 260 g/mol. The zero-order valence-corrected chi connectivity index (χ0v) is 8.42. The smallest absolute Gasteiger partial charge is 0.0577 e. The van der Waals surface area contributed by atoms with Crippen molar-refractivity contribution in [2.75, 3.05) is 7.05 Å². The van der Waals surface area contributed by atoms with Crippen LogP contribution < -0.4 is 0 Å². The summed E-state index contributed by atoms with van der Waals surface area (Å²) in [5, 5.41) is 0. The Balaban J connectivity index is 2.48. The normalized spacial score (nSPS) is 15.3. The van der Waals surface area contributed by atoms with Gasteiger partial charge in [-0.15, -0.1) is 0 Å². The standard InChI is InChI=1S/C8H9IN2/c1-11-3-2-6-7(9)4-10-8(6)5-11/h2-4,10H,5H2,1H3. The lowest BCUT2D eigenvalue weighted by atomic mass is 10.2. The van der Waals surface area contributed by atoms with Gasteiger partial charge >= 0.3 is 0 Å². The molecule has 0 amide bonds. The molecule has 3 heteroatoms. The van der Waals surface area contributed by atoms with Crippen LogP contribution >= 0.6 is 22.6 Å². The maximum absolute atomic E-state index is 3.26. The van der Waals surface area contributed by atoms with Crippen LogP contribution in [0.2, 0.25) is 0 Å². The first-order valence-electron chi connectivity index (χ1n) is 3.51. The number of rotatable bonds is 0. The molecule has 0 unspecified atom stereocenters. The number of aromatic amines is 1. The Morgan fingerprint density at radius 3 is 3.27 bits per heavy atom. The number of halogens is 1. The Morgan fingerprint density at radius 2 is 2.45 bits per heavy atom. The fourth-order valence-electron chi connectivity index (χ4n) is 1.27. The molecule has 2 heterocycles. The van der Waals surface area contributed by atoms with Crippen molar-refractivity contribution < 1.29 is 0 Å². The van der Waals surface area contributed by atoms with E-state index in [4.69, 9.17) is 0 Å². The fourth-order valence-corrected chi connectivity index (χ4v) is 1.93. The topological polar surface area (TPSA) is 19.0 Å². The van der Waals surface area contributed by atoms with Gasteiger partial charge in [0.1, 0.15) is 0 Å². The quantitative estimate of drug-likeness (QED) is 0.707. The second kappa shape index (κ2) is 2.55. The number of H-pyrrole nitrogens is 1. The van der Waals surface area contributed by atoms with Gasteiger partial charge in [-0.1, -0.05) is 0 Å². The van der Waals surface area contributed by atoms with Gasteiger partial charge in [0.2, 0.25) is 0 Å². The van der Waals surface area contributed by atoms with Crippen molar-refractivity contribution in [3.8, 4) is 0 Å². The number of nitrogens with one attached hydrogen (secondary N) is 1. The van der Waals surface area contributed by atoms with Crippen LogP contribution in [0.4, 0.5) is 0 Å². The van der Waals surface area contributed by atoms with Gasteiger partial charge in [0.25, 0.3) is 0 Å². The van der Waals surface area contributed by atoms with E-state index < -0.39 is 0 Å². The van der Waals surface area contributed by atoms with Crippen molar-refractivity contribution in [2.24, 2.45) is 0 Å². The van der Waals surface area contributed by atoms with Crippen LogP contribution in [0.3, 0.4) is 0 Å². The zero-order valence-electron chi connectivity index (χ0n) is 6.26. The van der Waals surface area contributed by atoms with E-state index in [-0.39, 0.29) is 0 Å².